The van der Waals surface area contributed by atoms with Crippen molar-refractivity contribution in [3.8, 4) is 11.5 Å². The molecular weight excluding hydrogens is 291 g/mol. The molecule has 1 N–H and O–H groups in total. The van der Waals surface area contributed by atoms with E-state index in [0.29, 0.717) is 6.42 Å². The SMILES string of the molecule is CCc1c(F)c(=O)oc2cc3c(c(O)c12)C(=O)CC(CC)O3. The summed E-state index contributed by atoms with van der Waals surface area (Å²) in [5, 5.41) is 10.5. The van der Waals surface area contributed by atoms with Crippen molar-refractivity contribution < 1.29 is 23.4 Å². The molecule has 2 aromatic rings. The summed E-state index contributed by atoms with van der Waals surface area (Å²) in [7, 11) is 0. The summed E-state index contributed by atoms with van der Waals surface area (Å²) in [6.45, 7) is 3.54. The van der Waals surface area contributed by atoms with Gasteiger partial charge in [0.25, 0.3) is 0 Å². The van der Waals surface area contributed by atoms with Crippen LogP contribution < -0.4 is 10.4 Å². The van der Waals surface area contributed by atoms with Crippen molar-refractivity contribution in [3.05, 3.63) is 33.4 Å². The monoisotopic (exact) mass is 306 g/mol. The molecule has 1 atom stereocenters. The maximum absolute atomic E-state index is 13.9. The van der Waals surface area contributed by atoms with Crippen LogP contribution in [0.5, 0.6) is 11.5 Å². The lowest BCUT2D eigenvalue weighted by Crippen LogP contribution is -2.26. The molecule has 0 radical (unpaired) electrons. The van der Waals surface area contributed by atoms with Crippen LogP contribution in [-0.4, -0.2) is 17.0 Å². The van der Waals surface area contributed by atoms with E-state index in [2.05, 4.69) is 0 Å². The molecule has 0 bridgehead atoms. The standard InChI is InChI=1S/C16H15FO5/c1-3-7-5-9(18)13-11(21-7)6-10-12(15(13)19)8(4-2)14(17)16(20)22-10/h6-7,19H,3-5H2,1-2H3. The molecule has 0 aliphatic carbocycles. The molecule has 1 aliphatic heterocycles. The first-order valence-corrected chi connectivity index (χ1v) is 7.18. The fraction of sp³-hybridized carbons (Fsp3) is 0.375. The number of rotatable bonds is 2. The molecule has 5 nitrogen and oxygen atoms in total. The van der Waals surface area contributed by atoms with Gasteiger partial charge < -0.3 is 14.3 Å². The van der Waals surface area contributed by atoms with Crippen LogP contribution in [-0.2, 0) is 6.42 Å². The first-order chi connectivity index (χ1) is 10.5. The number of aromatic hydroxyl groups is 1. The van der Waals surface area contributed by atoms with Crippen molar-refractivity contribution in [2.24, 2.45) is 0 Å². The molecule has 2 heterocycles. The molecule has 0 saturated heterocycles. The van der Waals surface area contributed by atoms with E-state index in [0.717, 1.165) is 0 Å². The lowest BCUT2D eigenvalue weighted by Gasteiger charge is -2.25. The third-order valence-electron chi connectivity index (χ3n) is 3.97. The Morgan fingerprint density at radius 1 is 1.36 bits per heavy atom. The third-order valence-corrected chi connectivity index (χ3v) is 3.97. The number of halogens is 1. The highest BCUT2D eigenvalue weighted by Gasteiger charge is 2.31. The Morgan fingerprint density at radius 3 is 2.73 bits per heavy atom. The largest absolute Gasteiger partial charge is 0.506 e. The Kier molecular flexibility index (Phi) is 3.39. The van der Waals surface area contributed by atoms with Crippen molar-refractivity contribution in [3.63, 3.8) is 0 Å². The molecule has 0 fully saturated rings. The van der Waals surface area contributed by atoms with Crippen LogP contribution in [0.3, 0.4) is 0 Å². The molecule has 0 saturated carbocycles. The van der Waals surface area contributed by atoms with Gasteiger partial charge in [0.2, 0.25) is 5.82 Å². The number of carbonyl (C=O) groups is 1. The van der Waals surface area contributed by atoms with E-state index in [1.165, 1.54) is 6.07 Å². The van der Waals surface area contributed by atoms with Gasteiger partial charge in [0.1, 0.15) is 28.7 Å². The number of phenolic OH excluding ortho intramolecular Hbond substituents is 1. The van der Waals surface area contributed by atoms with Crippen molar-refractivity contribution in [2.45, 2.75) is 39.2 Å². The van der Waals surface area contributed by atoms with Gasteiger partial charge >= 0.3 is 5.63 Å². The average molecular weight is 306 g/mol. The maximum Gasteiger partial charge on any atom is 0.372 e. The lowest BCUT2D eigenvalue weighted by molar-refractivity contribution is 0.0841. The molecule has 0 spiro atoms. The number of Topliss-reactive ketones (excluding diaryl/α,β-unsaturated/α-hetero) is 1. The van der Waals surface area contributed by atoms with Gasteiger partial charge in [-0.25, -0.2) is 4.79 Å². The van der Waals surface area contributed by atoms with E-state index in [9.17, 15) is 19.1 Å². The van der Waals surface area contributed by atoms with Crippen LogP contribution in [0.4, 0.5) is 4.39 Å². The Hall–Kier alpha value is -2.37. The smallest absolute Gasteiger partial charge is 0.372 e. The zero-order valence-electron chi connectivity index (χ0n) is 12.2. The second kappa shape index (κ2) is 5.12. The Balaban J connectivity index is 2.39. The highest BCUT2D eigenvalue weighted by Crippen LogP contribution is 2.41. The summed E-state index contributed by atoms with van der Waals surface area (Å²) < 4.78 is 24.5. The minimum absolute atomic E-state index is 0.0176. The molecule has 3 rings (SSSR count). The van der Waals surface area contributed by atoms with Crippen LogP contribution in [0.25, 0.3) is 11.0 Å². The normalized spacial score (nSPS) is 17.4. The van der Waals surface area contributed by atoms with Gasteiger partial charge in [-0.05, 0) is 12.8 Å². The van der Waals surface area contributed by atoms with Crippen LogP contribution >= 0.6 is 0 Å². The number of phenols is 1. The first kappa shape index (κ1) is 14.6. The van der Waals surface area contributed by atoms with Crippen molar-refractivity contribution in [2.75, 3.05) is 0 Å². The second-order valence-corrected chi connectivity index (χ2v) is 5.28. The van der Waals surface area contributed by atoms with Crippen LogP contribution in [0.2, 0.25) is 0 Å². The number of ether oxygens (including phenoxy) is 1. The molecule has 1 unspecified atom stereocenters. The molecule has 22 heavy (non-hydrogen) atoms. The Bertz CT molecular complexity index is 837. The Morgan fingerprint density at radius 2 is 2.09 bits per heavy atom. The first-order valence-electron chi connectivity index (χ1n) is 7.18. The minimum atomic E-state index is -1.10. The lowest BCUT2D eigenvalue weighted by atomic mass is 9.95. The van der Waals surface area contributed by atoms with E-state index in [1.54, 1.807) is 6.92 Å². The number of fused-ring (bicyclic) bond motifs is 2. The van der Waals surface area contributed by atoms with Crippen LogP contribution in [0, 0.1) is 5.82 Å². The number of hydrogen-bond acceptors (Lipinski definition) is 5. The van der Waals surface area contributed by atoms with Gasteiger partial charge in [-0.1, -0.05) is 13.8 Å². The number of carbonyl (C=O) groups excluding carboxylic acids is 1. The molecule has 1 aromatic carbocycles. The summed E-state index contributed by atoms with van der Waals surface area (Å²) in [6, 6.07) is 1.38. The van der Waals surface area contributed by atoms with E-state index < -0.39 is 11.4 Å². The van der Waals surface area contributed by atoms with Gasteiger partial charge in [-0.15, -0.1) is 0 Å². The van der Waals surface area contributed by atoms with Gasteiger partial charge in [0, 0.05) is 18.1 Å². The maximum atomic E-state index is 13.9. The topological polar surface area (TPSA) is 76.7 Å². The Labute approximate surface area is 125 Å². The molecule has 0 amide bonds. The average Bonchev–Trinajstić information content (AvgIpc) is 2.48. The number of aryl methyl sites for hydroxylation is 1. The van der Waals surface area contributed by atoms with Gasteiger partial charge in [-0.3, -0.25) is 4.79 Å². The number of hydrogen-bond donors (Lipinski definition) is 1. The van der Waals surface area contributed by atoms with Crippen LogP contribution in [0.15, 0.2) is 15.3 Å². The highest BCUT2D eigenvalue weighted by molar-refractivity contribution is 6.08. The molecule has 1 aromatic heterocycles. The number of ketones is 1. The van der Waals surface area contributed by atoms with Gasteiger partial charge in [0.05, 0.1) is 5.39 Å². The molecule has 116 valence electrons. The van der Waals surface area contributed by atoms with Crippen molar-refractivity contribution >= 4 is 16.8 Å². The summed E-state index contributed by atoms with van der Waals surface area (Å²) in [4.78, 5) is 23.8. The van der Waals surface area contributed by atoms with E-state index in [-0.39, 0.29) is 58.3 Å². The number of benzene rings is 1. The van der Waals surface area contributed by atoms with Gasteiger partial charge in [-0.2, -0.15) is 4.39 Å². The fourth-order valence-electron chi connectivity index (χ4n) is 2.82. The second-order valence-electron chi connectivity index (χ2n) is 5.28. The highest BCUT2D eigenvalue weighted by atomic mass is 19.1. The summed E-state index contributed by atoms with van der Waals surface area (Å²) in [6.07, 6.45) is 0.697. The summed E-state index contributed by atoms with van der Waals surface area (Å²) in [5.41, 5.74) is -1.01. The van der Waals surface area contributed by atoms with E-state index in [4.69, 9.17) is 9.15 Å². The summed E-state index contributed by atoms with van der Waals surface area (Å²) >= 11 is 0. The zero-order valence-corrected chi connectivity index (χ0v) is 12.2. The third kappa shape index (κ3) is 1.98. The molecular formula is C16H15FO5. The molecule has 1 aliphatic rings. The minimum Gasteiger partial charge on any atom is -0.506 e. The van der Waals surface area contributed by atoms with E-state index in [1.807, 2.05) is 6.92 Å². The van der Waals surface area contributed by atoms with Crippen molar-refractivity contribution in [1.29, 1.82) is 0 Å². The predicted octanol–water partition coefficient (Wildman–Crippen LogP) is 2.94. The van der Waals surface area contributed by atoms with E-state index >= 15 is 0 Å². The zero-order chi connectivity index (χ0) is 16.0. The van der Waals surface area contributed by atoms with Crippen molar-refractivity contribution in [1.82, 2.24) is 0 Å². The fourth-order valence-corrected chi connectivity index (χ4v) is 2.82. The quantitative estimate of drug-likeness (QED) is 0.863. The predicted molar refractivity (Wildman–Crippen MR) is 77.1 cm³/mol. The van der Waals surface area contributed by atoms with Gasteiger partial charge in [0.15, 0.2) is 5.78 Å². The van der Waals surface area contributed by atoms with Crippen LogP contribution in [0.1, 0.15) is 42.6 Å². The summed E-state index contributed by atoms with van der Waals surface area (Å²) in [5.74, 6) is -1.52. The molecule has 6 heteroatoms.